The SMILES string of the molecule is CC1(C)c2ccccc2-c2ccc(-c3ccc4c(c3)C(C)(C)c3cc(-c5ccc6ccccc6c5)cc5c3N4c3ccccc3C5(C)C)cc21. The molecular weight excluding hydrogens is 603 g/mol. The van der Waals surface area contributed by atoms with Gasteiger partial charge in [0.15, 0.2) is 0 Å². The van der Waals surface area contributed by atoms with E-state index in [0.717, 1.165) is 0 Å². The van der Waals surface area contributed by atoms with Gasteiger partial charge < -0.3 is 4.90 Å². The van der Waals surface area contributed by atoms with Gasteiger partial charge in [-0.1, -0.05) is 139 Å². The van der Waals surface area contributed by atoms with Gasteiger partial charge in [0.25, 0.3) is 0 Å². The standard InChI is InChI=1S/C49H41N/c1-47(2)38-16-10-9-15-36(38)37-23-21-33(26-40(37)47)34-22-24-45-41(27-34)49(5,6)43-29-35(32-20-19-30-13-7-8-14-31(30)25-32)28-42-46(43)50(45)44-18-12-11-17-39(44)48(42,3)4/h7-29H,1-6H3. The van der Waals surface area contributed by atoms with E-state index in [4.69, 9.17) is 0 Å². The van der Waals surface area contributed by atoms with E-state index in [2.05, 4.69) is 186 Å². The second-order valence-corrected chi connectivity index (χ2v) is 16.2. The predicted molar refractivity (Wildman–Crippen MR) is 211 cm³/mol. The van der Waals surface area contributed by atoms with Gasteiger partial charge in [-0.15, -0.1) is 0 Å². The van der Waals surface area contributed by atoms with Crippen molar-refractivity contribution in [3.05, 3.63) is 173 Å². The lowest BCUT2D eigenvalue weighted by Gasteiger charge is -2.50. The molecule has 2 heterocycles. The van der Waals surface area contributed by atoms with Crippen molar-refractivity contribution in [2.75, 3.05) is 4.90 Å². The maximum absolute atomic E-state index is 2.57. The third-order valence-electron chi connectivity index (χ3n) is 12.4. The zero-order valence-corrected chi connectivity index (χ0v) is 29.7. The first-order chi connectivity index (χ1) is 24.0. The number of hydrogen-bond donors (Lipinski definition) is 0. The molecule has 0 N–H and O–H groups in total. The van der Waals surface area contributed by atoms with Crippen LogP contribution in [0.5, 0.6) is 0 Å². The molecule has 242 valence electrons. The lowest BCUT2D eigenvalue weighted by Crippen LogP contribution is -2.38. The Kier molecular flexibility index (Phi) is 5.82. The van der Waals surface area contributed by atoms with Crippen LogP contribution in [-0.4, -0.2) is 0 Å². The Morgan fingerprint density at radius 1 is 0.340 bits per heavy atom. The van der Waals surface area contributed by atoms with E-state index in [1.165, 1.54) is 94.6 Å². The van der Waals surface area contributed by atoms with E-state index in [1.54, 1.807) is 0 Å². The molecule has 1 nitrogen and oxygen atoms in total. The van der Waals surface area contributed by atoms with Crippen molar-refractivity contribution in [1.29, 1.82) is 0 Å². The van der Waals surface area contributed by atoms with Crippen LogP contribution in [0.25, 0.3) is 44.2 Å². The van der Waals surface area contributed by atoms with Crippen molar-refractivity contribution >= 4 is 27.8 Å². The molecule has 0 saturated carbocycles. The molecule has 0 spiro atoms. The minimum absolute atomic E-state index is 0.0335. The summed E-state index contributed by atoms with van der Waals surface area (Å²) in [5.41, 5.74) is 19.6. The minimum Gasteiger partial charge on any atom is -0.309 e. The average molecular weight is 644 g/mol. The fourth-order valence-electron chi connectivity index (χ4n) is 9.52. The molecular formula is C49H41N. The first kappa shape index (κ1) is 29.5. The number of nitrogens with zero attached hydrogens (tertiary/aromatic N) is 1. The second kappa shape index (κ2) is 9.86. The first-order valence-corrected chi connectivity index (χ1v) is 18.0. The highest BCUT2D eigenvalue weighted by Gasteiger charge is 2.46. The summed E-state index contributed by atoms with van der Waals surface area (Å²) in [6, 6.07) is 52.9. The molecule has 1 heteroatoms. The van der Waals surface area contributed by atoms with E-state index >= 15 is 0 Å². The van der Waals surface area contributed by atoms with Gasteiger partial charge in [0.1, 0.15) is 0 Å². The summed E-state index contributed by atoms with van der Waals surface area (Å²) in [5, 5.41) is 2.55. The van der Waals surface area contributed by atoms with Crippen LogP contribution in [0, 0.1) is 0 Å². The topological polar surface area (TPSA) is 3.24 Å². The van der Waals surface area contributed by atoms with Crippen molar-refractivity contribution in [2.45, 2.75) is 57.8 Å². The van der Waals surface area contributed by atoms with Crippen LogP contribution in [-0.2, 0) is 16.2 Å². The molecule has 2 aliphatic heterocycles. The number of fused-ring (bicyclic) bond motifs is 8. The first-order valence-electron chi connectivity index (χ1n) is 18.0. The largest absolute Gasteiger partial charge is 0.309 e. The summed E-state index contributed by atoms with van der Waals surface area (Å²) in [4.78, 5) is 2.57. The van der Waals surface area contributed by atoms with Crippen molar-refractivity contribution in [3.8, 4) is 33.4 Å². The third kappa shape index (κ3) is 3.84. The average Bonchev–Trinajstić information content (AvgIpc) is 3.36. The van der Waals surface area contributed by atoms with Crippen LogP contribution in [0.2, 0.25) is 0 Å². The highest BCUT2D eigenvalue weighted by atomic mass is 15.2. The van der Waals surface area contributed by atoms with Gasteiger partial charge in [-0.3, -0.25) is 0 Å². The van der Waals surface area contributed by atoms with E-state index in [9.17, 15) is 0 Å². The van der Waals surface area contributed by atoms with Crippen LogP contribution in [0.15, 0.2) is 140 Å². The Bertz CT molecular complexity index is 2580. The highest BCUT2D eigenvalue weighted by Crippen LogP contribution is 2.61. The maximum Gasteiger partial charge on any atom is 0.0544 e. The second-order valence-electron chi connectivity index (χ2n) is 16.2. The Hall–Kier alpha value is -5.40. The normalized spacial score (nSPS) is 16.6. The summed E-state index contributed by atoms with van der Waals surface area (Å²) in [6.07, 6.45) is 0. The Morgan fingerprint density at radius 3 is 1.62 bits per heavy atom. The summed E-state index contributed by atoms with van der Waals surface area (Å²) in [7, 11) is 0. The molecule has 0 bridgehead atoms. The molecule has 50 heavy (non-hydrogen) atoms. The molecule has 7 aromatic rings. The summed E-state index contributed by atoms with van der Waals surface area (Å²) >= 11 is 0. The van der Waals surface area contributed by atoms with Gasteiger partial charge in [0.2, 0.25) is 0 Å². The molecule has 3 aliphatic rings. The Balaban J connectivity index is 1.19. The lowest BCUT2D eigenvalue weighted by atomic mass is 9.65. The molecule has 0 atom stereocenters. The molecule has 0 aromatic heterocycles. The fraction of sp³-hybridized carbons (Fsp3) is 0.184. The van der Waals surface area contributed by atoms with Gasteiger partial charge >= 0.3 is 0 Å². The molecule has 0 unspecified atom stereocenters. The van der Waals surface area contributed by atoms with E-state index in [1.807, 2.05) is 0 Å². The zero-order valence-electron chi connectivity index (χ0n) is 29.7. The van der Waals surface area contributed by atoms with E-state index in [-0.39, 0.29) is 16.2 Å². The van der Waals surface area contributed by atoms with Crippen molar-refractivity contribution in [2.24, 2.45) is 0 Å². The van der Waals surface area contributed by atoms with Crippen molar-refractivity contribution < 1.29 is 0 Å². The van der Waals surface area contributed by atoms with Gasteiger partial charge in [0, 0.05) is 16.2 Å². The summed E-state index contributed by atoms with van der Waals surface area (Å²) in [6.45, 7) is 14.4. The minimum atomic E-state index is -0.229. The number of anilines is 3. The predicted octanol–water partition coefficient (Wildman–Crippen LogP) is 13.2. The number of rotatable bonds is 2. The fourth-order valence-corrected chi connectivity index (χ4v) is 9.52. The number of hydrogen-bond acceptors (Lipinski definition) is 1. The van der Waals surface area contributed by atoms with Crippen molar-refractivity contribution in [3.63, 3.8) is 0 Å². The molecule has 0 radical (unpaired) electrons. The van der Waals surface area contributed by atoms with Gasteiger partial charge in [-0.25, -0.2) is 0 Å². The molecule has 0 fully saturated rings. The molecule has 10 rings (SSSR count). The summed E-state index contributed by atoms with van der Waals surface area (Å²) < 4.78 is 0. The maximum atomic E-state index is 2.57. The van der Waals surface area contributed by atoms with E-state index in [0.29, 0.717) is 0 Å². The Labute approximate surface area is 295 Å². The summed E-state index contributed by atoms with van der Waals surface area (Å²) in [5.74, 6) is 0. The smallest absolute Gasteiger partial charge is 0.0544 e. The van der Waals surface area contributed by atoms with Gasteiger partial charge in [-0.05, 0) is 120 Å². The highest BCUT2D eigenvalue weighted by molar-refractivity contribution is 5.96. The third-order valence-corrected chi connectivity index (χ3v) is 12.4. The molecule has 1 aliphatic carbocycles. The van der Waals surface area contributed by atoms with Crippen LogP contribution < -0.4 is 4.90 Å². The van der Waals surface area contributed by atoms with Crippen molar-refractivity contribution in [1.82, 2.24) is 0 Å². The quantitative estimate of drug-likeness (QED) is 0.181. The van der Waals surface area contributed by atoms with Gasteiger partial charge in [0.05, 0.1) is 17.1 Å². The van der Waals surface area contributed by atoms with Crippen LogP contribution in [0.3, 0.4) is 0 Å². The Morgan fingerprint density at radius 2 is 0.840 bits per heavy atom. The van der Waals surface area contributed by atoms with Crippen LogP contribution in [0.4, 0.5) is 17.1 Å². The number of para-hydroxylation sites is 1. The molecule has 7 aromatic carbocycles. The monoisotopic (exact) mass is 643 g/mol. The lowest BCUT2D eigenvalue weighted by molar-refractivity contribution is 0.598. The van der Waals surface area contributed by atoms with Crippen LogP contribution >= 0.6 is 0 Å². The zero-order chi connectivity index (χ0) is 34.2. The molecule has 0 amide bonds. The van der Waals surface area contributed by atoms with E-state index < -0.39 is 0 Å². The molecule has 0 saturated heterocycles. The van der Waals surface area contributed by atoms with Crippen LogP contribution in [0.1, 0.15) is 74.9 Å². The van der Waals surface area contributed by atoms with Gasteiger partial charge in [-0.2, -0.15) is 0 Å². The number of benzene rings is 7.